The summed E-state index contributed by atoms with van der Waals surface area (Å²) < 4.78 is 115. The second-order valence-electron chi connectivity index (χ2n) is 8.03. The second-order valence-corrected chi connectivity index (χ2v) is 9.91. The SMILES string of the molecule is COC(=O)C1CCCN1c1cc(Oc2ccc(C(F)(F)F)cc2C)cc(C(=O)O)c1S(=O)(=O)C(F)(F)F. The average molecular weight is 555 g/mol. The van der Waals surface area contributed by atoms with Crippen molar-refractivity contribution < 1.29 is 58.9 Å². The monoisotopic (exact) mass is 555 g/mol. The van der Waals surface area contributed by atoms with Crippen LogP contribution in [0, 0.1) is 6.92 Å². The molecule has 37 heavy (non-hydrogen) atoms. The fourth-order valence-corrected chi connectivity index (χ4v) is 5.04. The third kappa shape index (κ3) is 5.45. The molecule has 8 nitrogen and oxygen atoms in total. The standard InChI is InChI=1S/C22H19F6NO7S/c1-11-8-12(21(23,24)25)5-6-17(11)36-13-9-14(19(30)31)18(37(33,34)22(26,27)28)16(10-13)29-7-3-4-15(29)20(32)35-2/h5-6,8-10,15H,3-4,7H2,1-2H3,(H,30,31). The van der Waals surface area contributed by atoms with Crippen molar-refractivity contribution in [2.75, 3.05) is 18.6 Å². The Hall–Kier alpha value is -3.49. The van der Waals surface area contributed by atoms with Gasteiger partial charge in [-0.05, 0) is 49.6 Å². The largest absolute Gasteiger partial charge is 0.502 e. The zero-order valence-electron chi connectivity index (χ0n) is 19.1. The van der Waals surface area contributed by atoms with Gasteiger partial charge in [0.05, 0.1) is 23.9 Å². The van der Waals surface area contributed by atoms with Gasteiger partial charge in [-0.25, -0.2) is 18.0 Å². The number of sulfone groups is 1. The van der Waals surface area contributed by atoms with Crippen LogP contribution in [0.2, 0.25) is 0 Å². The normalized spacial score (nSPS) is 16.5. The highest BCUT2D eigenvalue weighted by atomic mass is 32.2. The maximum Gasteiger partial charge on any atom is 0.502 e. The average Bonchev–Trinajstić information content (AvgIpc) is 3.27. The maximum atomic E-state index is 13.6. The van der Waals surface area contributed by atoms with E-state index in [9.17, 15) is 49.5 Å². The third-order valence-electron chi connectivity index (χ3n) is 5.61. The Kier molecular flexibility index (Phi) is 7.41. The highest BCUT2D eigenvalue weighted by molar-refractivity contribution is 7.92. The quantitative estimate of drug-likeness (QED) is 0.394. The molecule has 202 valence electrons. The Morgan fingerprint density at radius 3 is 2.24 bits per heavy atom. The Labute approximate surface area is 206 Å². The van der Waals surface area contributed by atoms with E-state index in [0.717, 1.165) is 30.2 Å². The lowest BCUT2D eigenvalue weighted by molar-refractivity contribution is -0.142. The molecule has 1 aliphatic heterocycles. The number of benzene rings is 2. The molecule has 15 heteroatoms. The molecule has 3 rings (SSSR count). The number of aryl methyl sites for hydroxylation is 1. The first-order valence-electron chi connectivity index (χ1n) is 10.4. The first-order valence-corrected chi connectivity index (χ1v) is 11.9. The number of nitrogens with zero attached hydrogens (tertiary/aromatic N) is 1. The Bertz CT molecular complexity index is 1340. The van der Waals surface area contributed by atoms with E-state index in [1.165, 1.54) is 6.92 Å². The van der Waals surface area contributed by atoms with E-state index in [4.69, 9.17) is 4.74 Å². The molecule has 1 heterocycles. The molecule has 0 saturated carbocycles. The smallest absolute Gasteiger partial charge is 0.478 e. The van der Waals surface area contributed by atoms with Gasteiger partial charge in [0.1, 0.15) is 22.4 Å². The maximum absolute atomic E-state index is 13.6. The number of rotatable bonds is 6. The lowest BCUT2D eigenvalue weighted by Gasteiger charge is -2.28. The summed E-state index contributed by atoms with van der Waals surface area (Å²) in [4.78, 5) is 23.5. The number of alkyl halides is 6. The lowest BCUT2D eigenvalue weighted by atomic mass is 10.1. The van der Waals surface area contributed by atoms with E-state index in [2.05, 4.69) is 4.74 Å². The van der Waals surface area contributed by atoms with Gasteiger partial charge in [-0.1, -0.05) is 0 Å². The molecule has 1 unspecified atom stereocenters. The molecular weight excluding hydrogens is 536 g/mol. The highest BCUT2D eigenvalue weighted by Gasteiger charge is 2.51. The fourth-order valence-electron chi connectivity index (χ4n) is 3.92. The van der Waals surface area contributed by atoms with Gasteiger partial charge >= 0.3 is 23.6 Å². The summed E-state index contributed by atoms with van der Waals surface area (Å²) in [6.45, 7) is 1.13. The molecule has 0 amide bonds. The fraction of sp³-hybridized carbons (Fsp3) is 0.364. The lowest BCUT2D eigenvalue weighted by Crippen LogP contribution is -2.38. The van der Waals surface area contributed by atoms with Gasteiger partial charge in [0.15, 0.2) is 0 Å². The summed E-state index contributed by atoms with van der Waals surface area (Å²) >= 11 is 0. The van der Waals surface area contributed by atoms with Crippen LogP contribution in [0.1, 0.15) is 34.3 Å². The number of aromatic carboxylic acids is 1. The third-order valence-corrected chi connectivity index (χ3v) is 7.19. The number of esters is 1. The van der Waals surface area contributed by atoms with Crippen molar-refractivity contribution in [1.82, 2.24) is 0 Å². The number of hydrogen-bond donors (Lipinski definition) is 1. The summed E-state index contributed by atoms with van der Waals surface area (Å²) in [6.07, 6.45) is -4.36. The van der Waals surface area contributed by atoms with Crippen LogP contribution in [0.25, 0.3) is 0 Å². The minimum Gasteiger partial charge on any atom is -0.478 e. The van der Waals surface area contributed by atoms with Gasteiger partial charge in [0, 0.05) is 12.6 Å². The molecule has 0 bridgehead atoms. The first kappa shape index (κ1) is 28.1. The van der Waals surface area contributed by atoms with Crippen molar-refractivity contribution in [2.45, 2.75) is 42.4 Å². The molecular formula is C22H19F6NO7S. The first-order chi connectivity index (χ1) is 17.0. The number of ether oxygens (including phenoxy) is 2. The number of hydrogen-bond acceptors (Lipinski definition) is 7. The van der Waals surface area contributed by atoms with E-state index in [-0.39, 0.29) is 30.7 Å². The minimum absolute atomic E-state index is 0.0474. The summed E-state index contributed by atoms with van der Waals surface area (Å²) in [5, 5.41) is 9.63. The Morgan fingerprint density at radius 1 is 1.08 bits per heavy atom. The van der Waals surface area contributed by atoms with Gasteiger partial charge in [0.2, 0.25) is 0 Å². The van der Waals surface area contributed by atoms with Crippen molar-refractivity contribution in [3.63, 3.8) is 0 Å². The minimum atomic E-state index is -6.25. The van der Waals surface area contributed by atoms with Crippen molar-refractivity contribution in [2.24, 2.45) is 0 Å². The molecule has 2 aromatic carbocycles. The second kappa shape index (κ2) is 9.76. The number of carboxylic acid groups (broad SMARTS) is 1. The Morgan fingerprint density at radius 2 is 1.73 bits per heavy atom. The molecule has 1 N–H and O–H groups in total. The highest BCUT2D eigenvalue weighted by Crippen LogP contribution is 2.44. The van der Waals surface area contributed by atoms with Gasteiger partial charge in [-0.15, -0.1) is 0 Å². The van der Waals surface area contributed by atoms with Crippen LogP contribution in [-0.2, 0) is 25.5 Å². The molecule has 1 atom stereocenters. The summed E-state index contributed by atoms with van der Waals surface area (Å²) in [5.74, 6) is -3.62. The molecule has 0 spiro atoms. The summed E-state index contributed by atoms with van der Waals surface area (Å²) in [6, 6.07) is 2.43. The summed E-state index contributed by atoms with van der Waals surface area (Å²) in [5.41, 5.74) is -9.02. The van der Waals surface area contributed by atoms with Crippen LogP contribution in [0.3, 0.4) is 0 Å². The predicted octanol–water partition coefficient (Wildman–Crippen LogP) is 4.94. The zero-order chi connectivity index (χ0) is 27.9. The van der Waals surface area contributed by atoms with Crippen LogP contribution < -0.4 is 9.64 Å². The Balaban J connectivity index is 2.26. The molecule has 0 radical (unpaired) electrons. The van der Waals surface area contributed by atoms with Crippen LogP contribution in [-0.4, -0.2) is 50.7 Å². The molecule has 1 saturated heterocycles. The van der Waals surface area contributed by atoms with E-state index in [1.807, 2.05) is 0 Å². The van der Waals surface area contributed by atoms with E-state index in [1.54, 1.807) is 0 Å². The van der Waals surface area contributed by atoms with Gasteiger partial charge < -0.3 is 19.5 Å². The van der Waals surface area contributed by atoms with Gasteiger partial charge in [-0.3, -0.25) is 0 Å². The van der Waals surface area contributed by atoms with Crippen molar-refractivity contribution >= 4 is 27.5 Å². The molecule has 1 fully saturated rings. The molecule has 1 aliphatic rings. The number of carboxylic acids is 1. The topological polar surface area (TPSA) is 110 Å². The number of carbonyl (C=O) groups excluding carboxylic acids is 1. The molecule has 0 aliphatic carbocycles. The molecule has 2 aromatic rings. The van der Waals surface area contributed by atoms with Crippen molar-refractivity contribution in [3.05, 3.63) is 47.0 Å². The predicted molar refractivity (Wildman–Crippen MR) is 115 cm³/mol. The van der Waals surface area contributed by atoms with Gasteiger partial charge in [-0.2, -0.15) is 26.3 Å². The molecule has 0 aromatic heterocycles. The summed E-state index contributed by atoms with van der Waals surface area (Å²) in [7, 11) is -5.24. The van der Waals surface area contributed by atoms with Crippen LogP contribution in [0.15, 0.2) is 35.2 Å². The zero-order valence-corrected chi connectivity index (χ0v) is 19.9. The van der Waals surface area contributed by atoms with Crippen LogP contribution in [0.5, 0.6) is 11.5 Å². The van der Waals surface area contributed by atoms with E-state index >= 15 is 0 Å². The number of methoxy groups -OCH3 is 1. The number of halogens is 6. The number of anilines is 1. The van der Waals surface area contributed by atoms with Crippen LogP contribution in [0.4, 0.5) is 32.0 Å². The van der Waals surface area contributed by atoms with Crippen LogP contribution >= 0.6 is 0 Å². The van der Waals surface area contributed by atoms with Crippen molar-refractivity contribution in [1.29, 1.82) is 0 Å². The van der Waals surface area contributed by atoms with Crippen molar-refractivity contribution in [3.8, 4) is 11.5 Å². The van der Waals surface area contributed by atoms with E-state index in [0.29, 0.717) is 12.1 Å². The number of carbonyl (C=O) groups is 2. The van der Waals surface area contributed by atoms with Gasteiger partial charge in [0.25, 0.3) is 9.84 Å². The van der Waals surface area contributed by atoms with E-state index < -0.39 is 67.0 Å².